The van der Waals surface area contributed by atoms with Crippen molar-refractivity contribution >= 4 is 5.65 Å². The topological polar surface area (TPSA) is 50.0 Å². The molecule has 0 saturated carbocycles. The second-order valence-electron chi connectivity index (χ2n) is 5.44. The lowest BCUT2D eigenvalue weighted by atomic mass is 10.1. The van der Waals surface area contributed by atoms with Crippen LogP contribution in [-0.2, 0) is 11.3 Å². The molecular formula is C15H21N3O2. The monoisotopic (exact) mass is 275 g/mol. The molecule has 0 spiro atoms. The third-order valence-corrected chi connectivity index (χ3v) is 3.93. The van der Waals surface area contributed by atoms with E-state index in [4.69, 9.17) is 4.74 Å². The predicted molar refractivity (Wildman–Crippen MR) is 76.6 cm³/mol. The summed E-state index contributed by atoms with van der Waals surface area (Å²) in [5.74, 6) is 0. The van der Waals surface area contributed by atoms with E-state index in [0.29, 0.717) is 13.2 Å². The van der Waals surface area contributed by atoms with Crippen LogP contribution < -0.4 is 0 Å². The van der Waals surface area contributed by atoms with Gasteiger partial charge >= 0.3 is 0 Å². The van der Waals surface area contributed by atoms with Gasteiger partial charge < -0.3 is 14.2 Å². The largest absolute Gasteiger partial charge is 0.389 e. The molecule has 0 aliphatic carbocycles. The molecule has 2 aromatic rings. The van der Waals surface area contributed by atoms with Crippen molar-refractivity contribution in [2.45, 2.75) is 32.5 Å². The lowest BCUT2D eigenvalue weighted by Gasteiger charge is -2.27. The number of aliphatic hydroxyl groups excluding tert-OH is 1. The first kappa shape index (κ1) is 13.5. The summed E-state index contributed by atoms with van der Waals surface area (Å²) in [6.07, 6.45) is 3.69. The lowest BCUT2D eigenvalue weighted by Crippen LogP contribution is -2.42. The van der Waals surface area contributed by atoms with Gasteiger partial charge in [0.05, 0.1) is 31.1 Å². The van der Waals surface area contributed by atoms with Crippen LogP contribution in [0.25, 0.3) is 5.65 Å². The Bertz CT molecular complexity index is 596. The summed E-state index contributed by atoms with van der Waals surface area (Å²) in [7, 11) is 0. The highest BCUT2D eigenvalue weighted by atomic mass is 16.5. The molecule has 1 N–H and O–H groups in total. The molecule has 3 heterocycles. The molecule has 1 aliphatic heterocycles. The molecule has 0 amide bonds. The van der Waals surface area contributed by atoms with Crippen molar-refractivity contribution in [3.8, 4) is 0 Å². The van der Waals surface area contributed by atoms with Crippen LogP contribution in [0, 0.1) is 6.92 Å². The van der Waals surface area contributed by atoms with Gasteiger partial charge in [-0.05, 0) is 31.2 Å². The molecule has 0 unspecified atom stereocenters. The van der Waals surface area contributed by atoms with Crippen LogP contribution in [-0.4, -0.2) is 51.3 Å². The highest BCUT2D eigenvalue weighted by Gasteiger charge is 2.31. The summed E-state index contributed by atoms with van der Waals surface area (Å²) in [6.45, 7) is 6.82. The van der Waals surface area contributed by atoms with Crippen LogP contribution in [0.15, 0.2) is 24.5 Å². The number of nitrogens with zero attached hydrogens (tertiary/aromatic N) is 3. The van der Waals surface area contributed by atoms with Crippen LogP contribution in [0.5, 0.6) is 0 Å². The van der Waals surface area contributed by atoms with Gasteiger partial charge in [0.2, 0.25) is 0 Å². The first-order chi connectivity index (χ1) is 9.67. The molecule has 1 fully saturated rings. The van der Waals surface area contributed by atoms with Gasteiger partial charge in [-0.2, -0.15) is 0 Å². The van der Waals surface area contributed by atoms with Crippen molar-refractivity contribution in [2.75, 3.05) is 19.8 Å². The van der Waals surface area contributed by atoms with Gasteiger partial charge in [-0.25, -0.2) is 4.98 Å². The number of rotatable bonds is 4. The van der Waals surface area contributed by atoms with Crippen molar-refractivity contribution in [3.63, 3.8) is 0 Å². The van der Waals surface area contributed by atoms with Gasteiger partial charge in [0, 0.05) is 18.9 Å². The second kappa shape index (κ2) is 5.52. The normalized spacial score (nSPS) is 23.0. The zero-order valence-corrected chi connectivity index (χ0v) is 12.0. The Morgan fingerprint density at radius 2 is 2.35 bits per heavy atom. The number of fused-ring (bicyclic) bond motifs is 1. The lowest BCUT2D eigenvalue weighted by molar-refractivity contribution is 0.0802. The summed E-state index contributed by atoms with van der Waals surface area (Å²) in [4.78, 5) is 6.89. The first-order valence-electron chi connectivity index (χ1n) is 7.11. The zero-order chi connectivity index (χ0) is 14.1. The van der Waals surface area contributed by atoms with E-state index < -0.39 is 6.10 Å². The Labute approximate surface area is 118 Å². The van der Waals surface area contributed by atoms with Crippen LogP contribution in [0.1, 0.15) is 18.2 Å². The Balaban J connectivity index is 1.80. The highest BCUT2D eigenvalue weighted by molar-refractivity contribution is 5.42. The molecule has 0 aromatic carbocycles. The summed E-state index contributed by atoms with van der Waals surface area (Å²) in [6, 6.07) is 4.23. The van der Waals surface area contributed by atoms with E-state index >= 15 is 0 Å². The van der Waals surface area contributed by atoms with Crippen molar-refractivity contribution in [1.82, 2.24) is 14.3 Å². The van der Waals surface area contributed by atoms with E-state index in [2.05, 4.69) is 42.1 Å². The number of imidazole rings is 1. The number of ether oxygens (including phenoxy) is 1. The molecule has 2 atom stereocenters. The third-order valence-electron chi connectivity index (χ3n) is 3.93. The van der Waals surface area contributed by atoms with Gasteiger partial charge in [0.15, 0.2) is 0 Å². The van der Waals surface area contributed by atoms with Crippen molar-refractivity contribution in [3.05, 3.63) is 35.8 Å². The van der Waals surface area contributed by atoms with Crippen LogP contribution in [0.3, 0.4) is 0 Å². The smallest absolute Gasteiger partial charge is 0.137 e. The third kappa shape index (κ3) is 2.57. The van der Waals surface area contributed by atoms with Gasteiger partial charge in [0.25, 0.3) is 0 Å². The maximum absolute atomic E-state index is 9.95. The second-order valence-corrected chi connectivity index (χ2v) is 5.44. The standard InChI is InChI=1S/C15H21N3O2/c1-3-17(13-9-20-10-14(13)19)7-12-8-18-5-4-11(2)6-15(18)16-12/h4-6,8,13-14,19H,3,7,9-10H2,1-2H3/t13-,14-/m1/s1. The molecule has 2 aromatic heterocycles. The van der Waals surface area contributed by atoms with Crippen molar-refractivity contribution in [2.24, 2.45) is 0 Å². The predicted octanol–water partition coefficient (Wildman–Crippen LogP) is 1.22. The SMILES string of the molecule is CCN(Cc1cn2ccc(C)cc2n1)[C@@H]1COC[C@H]1O. The van der Waals surface area contributed by atoms with E-state index in [1.165, 1.54) is 5.56 Å². The number of aliphatic hydroxyl groups is 1. The summed E-state index contributed by atoms with van der Waals surface area (Å²) >= 11 is 0. The van der Waals surface area contributed by atoms with E-state index in [9.17, 15) is 5.11 Å². The van der Waals surface area contributed by atoms with Crippen LogP contribution in [0.2, 0.25) is 0 Å². The minimum atomic E-state index is -0.394. The van der Waals surface area contributed by atoms with Crippen LogP contribution >= 0.6 is 0 Å². The number of aryl methyl sites for hydroxylation is 1. The van der Waals surface area contributed by atoms with E-state index in [0.717, 1.165) is 24.4 Å². The average Bonchev–Trinajstić information content (AvgIpc) is 3.01. The van der Waals surface area contributed by atoms with E-state index in [1.54, 1.807) is 0 Å². The number of aromatic nitrogens is 2. The fourth-order valence-electron chi connectivity index (χ4n) is 2.76. The molecule has 0 radical (unpaired) electrons. The molecule has 108 valence electrons. The van der Waals surface area contributed by atoms with E-state index in [-0.39, 0.29) is 6.04 Å². The summed E-state index contributed by atoms with van der Waals surface area (Å²) < 4.78 is 7.39. The molecule has 0 bridgehead atoms. The maximum Gasteiger partial charge on any atom is 0.137 e. The Kier molecular flexibility index (Phi) is 3.74. The number of pyridine rings is 1. The summed E-state index contributed by atoms with van der Waals surface area (Å²) in [5, 5.41) is 9.95. The van der Waals surface area contributed by atoms with Crippen molar-refractivity contribution in [1.29, 1.82) is 0 Å². The van der Waals surface area contributed by atoms with Crippen LogP contribution in [0.4, 0.5) is 0 Å². The van der Waals surface area contributed by atoms with Gasteiger partial charge in [-0.3, -0.25) is 4.90 Å². The Morgan fingerprint density at radius 1 is 1.50 bits per heavy atom. The zero-order valence-electron chi connectivity index (χ0n) is 12.0. The van der Waals surface area contributed by atoms with Gasteiger partial charge in [-0.1, -0.05) is 6.92 Å². The summed E-state index contributed by atoms with van der Waals surface area (Å²) in [5.41, 5.74) is 3.21. The molecule has 1 saturated heterocycles. The van der Waals surface area contributed by atoms with E-state index in [1.807, 2.05) is 10.6 Å². The van der Waals surface area contributed by atoms with Gasteiger partial charge in [0.1, 0.15) is 5.65 Å². The Hall–Kier alpha value is -1.43. The fraction of sp³-hybridized carbons (Fsp3) is 0.533. The average molecular weight is 275 g/mol. The minimum Gasteiger partial charge on any atom is -0.389 e. The minimum absolute atomic E-state index is 0.0755. The maximum atomic E-state index is 9.95. The molecule has 20 heavy (non-hydrogen) atoms. The molecule has 3 rings (SSSR count). The Morgan fingerprint density at radius 3 is 3.05 bits per heavy atom. The molecule has 5 nitrogen and oxygen atoms in total. The molecular weight excluding hydrogens is 254 g/mol. The number of hydrogen-bond acceptors (Lipinski definition) is 4. The van der Waals surface area contributed by atoms with Crippen molar-refractivity contribution < 1.29 is 9.84 Å². The highest BCUT2D eigenvalue weighted by Crippen LogP contribution is 2.17. The quantitative estimate of drug-likeness (QED) is 0.911. The number of likely N-dealkylation sites (N-methyl/N-ethyl adjacent to an activating group) is 1. The first-order valence-corrected chi connectivity index (χ1v) is 7.11. The fourth-order valence-corrected chi connectivity index (χ4v) is 2.76. The molecule has 1 aliphatic rings. The van der Waals surface area contributed by atoms with Gasteiger partial charge in [-0.15, -0.1) is 0 Å². The number of hydrogen-bond donors (Lipinski definition) is 1. The molecule has 5 heteroatoms.